The van der Waals surface area contributed by atoms with Gasteiger partial charge in [0.1, 0.15) is 0 Å². The van der Waals surface area contributed by atoms with Gasteiger partial charge in [-0.05, 0) is 43.0 Å². The van der Waals surface area contributed by atoms with Gasteiger partial charge in [0.05, 0.1) is 6.04 Å². The van der Waals surface area contributed by atoms with Gasteiger partial charge in [-0.25, -0.2) is 0 Å². The quantitative estimate of drug-likeness (QED) is 0.669. The van der Waals surface area contributed by atoms with E-state index in [0.717, 1.165) is 13.0 Å². The van der Waals surface area contributed by atoms with Gasteiger partial charge in [0.2, 0.25) is 0 Å². The maximum atomic E-state index is 3.70. The largest absolute Gasteiger partial charge is 0.306 e. The molecule has 0 amide bonds. The standard InChI is InChI=1S/C17H19NS2/c1-3-8-18-17(13-6-4-5-12(2)10-13)16-11-15-14(20-16)7-9-19-15/h4-7,9-11,17-18H,3,8H2,1-2H3. The van der Waals surface area contributed by atoms with Crippen molar-refractivity contribution in [3.63, 3.8) is 0 Å². The molecule has 0 aliphatic rings. The normalized spacial score (nSPS) is 12.9. The molecular weight excluding hydrogens is 282 g/mol. The zero-order valence-corrected chi connectivity index (χ0v) is 13.5. The smallest absolute Gasteiger partial charge is 0.0671 e. The molecule has 1 aromatic carbocycles. The lowest BCUT2D eigenvalue weighted by Crippen LogP contribution is -2.22. The molecule has 0 saturated heterocycles. The number of nitrogens with one attached hydrogen (secondary N) is 1. The van der Waals surface area contributed by atoms with Crippen molar-refractivity contribution in [1.29, 1.82) is 0 Å². The maximum Gasteiger partial charge on any atom is 0.0671 e. The molecule has 2 aromatic heterocycles. The zero-order valence-electron chi connectivity index (χ0n) is 11.8. The molecule has 3 rings (SSSR count). The lowest BCUT2D eigenvalue weighted by molar-refractivity contribution is 0.606. The molecule has 0 saturated carbocycles. The van der Waals surface area contributed by atoms with E-state index in [1.54, 1.807) is 0 Å². The Morgan fingerprint density at radius 1 is 1.15 bits per heavy atom. The predicted molar refractivity (Wildman–Crippen MR) is 91.0 cm³/mol. The third kappa shape index (κ3) is 2.80. The van der Waals surface area contributed by atoms with Crippen LogP contribution >= 0.6 is 22.7 Å². The number of fused-ring (bicyclic) bond motifs is 1. The molecule has 0 bridgehead atoms. The van der Waals surface area contributed by atoms with Gasteiger partial charge in [0.15, 0.2) is 0 Å². The van der Waals surface area contributed by atoms with Crippen LogP contribution in [0.2, 0.25) is 0 Å². The SMILES string of the molecule is CCCNC(c1cccc(C)c1)c1cc2sccc2s1. The number of aryl methyl sites for hydroxylation is 1. The van der Waals surface area contributed by atoms with Gasteiger partial charge in [-0.3, -0.25) is 0 Å². The Hall–Kier alpha value is -1.16. The van der Waals surface area contributed by atoms with Crippen molar-refractivity contribution in [2.24, 2.45) is 0 Å². The first-order chi connectivity index (χ1) is 9.78. The molecule has 0 aliphatic heterocycles. The minimum atomic E-state index is 0.319. The number of thiophene rings is 2. The lowest BCUT2D eigenvalue weighted by atomic mass is 10.0. The summed E-state index contributed by atoms with van der Waals surface area (Å²) in [7, 11) is 0. The summed E-state index contributed by atoms with van der Waals surface area (Å²) in [4.78, 5) is 1.42. The lowest BCUT2D eigenvalue weighted by Gasteiger charge is -2.18. The van der Waals surface area contributed by atoms with Crippen LogP contribution in [0, 0.1) is 6.92 Å². The van der Waals surface area contributed by atoms with Crippen LogP contribution < -0.4 is 5.32 Å². The van der Waals surface area contributed by atoms with Crippen molar-refractivity contribution >= 4 is 32.1 Å². The fourth-order valence-electron chi connectivity index (χ4n) is 2.45. The van der Waals surface area contributed by atoms with Gasteiger partial charge in [0, 0.05) is 14.3 Å². The first-order valence-electron chi connectivity index (χ1n) is 7.05. The van der Waals surface area contributed by atoms with Gasteiger partial charge in [-0.15, -0.1) is 22.7 Å². The summed E-state index contributed by atoms with van der Waals surface area (Å²) < 4.78 is 2.81. The molecule has 2 heterocycles. The van der Waals surface area contributed by atoms with Crippen molar-refractivity contribution in [1.82, 2.24) is 5.32 Å². The van der Waals surface area contributed by atoms with Gasteiger partial charge in [-0.2, -0.15) is 0 Å². The minimum absolute atomic E-state index is 0.319. The summed E-state index contributed by atoms with van der Waals surface area (Å²) in [6.07, 6.45) is 1.15. The second-order valence-electron chi connectivity index (χ2n) is 5.10. The summed E-state index contributed by atoms with van der Waals surface area (Å²) in [6.45, 7) is 5.42. The summed E-state index contributed by atoms with van der Waals surface area (Å²) >= 11 is 3.74. The van der Waals surface area contributed by atoms with Crippen LogP contribution in [0.25, 0.3) is 9.40 Å². The third-order valence-corrected chi connectivity index (χ3v) is 5.58. The molecule has 3 aromatic rings. The van der Waals surface area contributed by atoms with Crippen LogP contribution in [0.15, 0.2) is 41.8 Å². The molecule has 3 heteroatoms. The Morgan fingerprint density at radius 3 is 2.80 bits per heavy atom. The van der Waals surface area contributed by atoms with E-state index in [-0.39, 0.29) is 0 Å². The second kappa shape index (κ2) is 6.08. The van der Waals surface area contributed by atoms with Crippen LogP contribution in [0.4, 0.5) is 0 Å². The number of benzene rings is 1. The predicted octanol–water partition coefficient (Wildman–Crippen LogP) is 5.36. The van der Waals surface area contributed by atoms with Gasteiger partial charge < -0.3 is 5.32 Å². The summed E-state index contributed by atoms with van der Waals surface area (Å²) in [6, 6.07) is 13.7. The van der Waals surface area contributed by atoms with E-state index in [1.807, 2.05) is 22.7 Å². The number of hydrogen-bond donors (Lipinski definition) is 1. The van der Waals surface area contributed by atoms with E-state index in [1.165, 1.54) is 25.4 Å². The van der Waals surface area contributed by atoms with Gasteiger partial charge in [0.25, 0.3) is 0 Å². The number of rotatable bonds is 5. The van der Waals surface area contributed by atoms with E-state index in [4.69, 9.17) is 0 Å². The second-order valence-corrected chi connectivity index (χ2v) is 7.16. The fraction of sp³-hybridized carbons (Fsp3) is 0.294. The molecule has 1 N–H and O–H groups in total. The summed E-state index contributed by atoms with van der Waals surface area (Å²) in [5, 5.41) is 5.87. The van der Waals surface area contributed by atoms with Crippen LogP contribution in [-0.4, -0.2) is 6.54 Å². The average molecular weight is 301 g/mol. The van der Waals surface area contributed by atoms with Gasteiger partial charge in [-0.1, -0.05) is 36.8 Å². The molecule has 0 aliphatic carbocycles. The molecule has 0 radical (unpaired) electrons. The Kier molecular flexibility index (Phi) is 4.20. The van der Waals surface area contributed by atoms with Crippen molar-refractivity contribution in [2.75, 3.05) is 6.54 Å². The van der Waals surface area contributed by atoms with E-state index >= 15 is 0 Å². The van der Waals surface area contributed by atoms with Crippen LogP contribution in [-0.2, 0) is 0 Å². The molecule has 1 atom stereocenters. The molecule has 0 spiro atoms. The van der Waals surface area contributed by atoms with Crippen molar-refractivity contribution in [3.8, 4) is 0 Å². The molecule has 0 fully saturated rings. The summed E-state index contributed by atoms with van der Waals surface area (Å²) in [5.41, 5.74) is 2.69. The molecule has 20 heavy (non-hydrogen) atoms. The summed E-state index contributed by atoms with van der Waals surface area (Å²) in [5.74, 6) is 0. The zero-order chi connectivity index (χ0) is 13.9. The maximum absolute atomic E-state index is 3.70. The highest BCUT2D eigenvalue weighted by atomic mass is 32.1. The van der Waals surface area contributed by atoms with Crippen LogP contribution in [0.3, 0.4) is 0 Å². The first kappa shape index (κ1) is 13.8. The van der Waals surface area contributed by atoms with E-state index < -0.39 is 0 Å². The molecule has 1 unspecified atom stereocenters. The van der Waals surface area contributed by atoms with E-state index in [0.29, 0.717) is 6.04 Å². The highest BCUT2D eigenvalue weighted by Crippen LogP contribution is 2.36. The van der Waals surface area contributed by atoms with Crippen molar-refractivity contribution in [3.05, 3.63) is 57.8 Å². The molecule has 104 valence electrons. The Labute approximate surface area is 128 Å². The first-order valence-corrected chi connectivity index (χ1v) is 8.74. The van der Waals surface area contributed by atoms with Crippen LogP contribution in [0.1, 0.15) is 35.4 Å². The van der Waals surface area contributed by atoms with Gasteiger partial charge >= 0.3 is 0 Å². The Morgan fingerprint density at radius 2 is 2.05 bits per heavy atom. The Bertz CT molecular complexity index is 667. The highest BCUT2D eigenvalue weighted by molar-refractivity contribution is 7.27. The fourth-order valence-corrected chi connectivity index (χ4v) is 4.67. The third-order valence-electron chi connectivity index (χ3n) is 3.42. The van der Waals surface area contributed by atoms with Crippen molar-refractivity contribution < 1.29 is 0 Å². The topological polar surface area (TPSA) is 12.0 Å². The minimum Gasteiger partial charge on any atom is -0.306 e. The highest BCUT2D eigenvalue weighted by Gasteiger charge is 2.16. The average Bonchev–Trinajstić information content (AvgIpc) is 3.00. The van der Waals surface area contributed by atoms with Crippen molar-refractivity contribution in [2.45, 2.75) is 26.3 Å². The number of hydrogen-bond acceptors (Lipinski definition) is 3. The molecular formula is C17H19NS2. The Balaban J connectivity index is 1.98. The monoisotopic (exact) mass is 301 g/mol. The van der Waals surface area contributed by atoms with E-state index in [9.17, 15) is 0 Å². The molecule has 1 nitrogen and oxygen atoms in total. The van der Waals surface area contributed by atoms with Crippen LogP contribution in [0.5, 0.6) is 0 Å². The van der Waals surface area contributed by atoms with E-state index in [2.05, 4.69) is 60.9 Å².